The number of amides is 1. The Labute approximate surface area is 139 Å². The van der Waals surface area contributed by atoms with Gasteiger partial charge >= 0.3 is 0 Å². The largest absolute Gasteiger partial charge is 0.396 e. The minimum Gasteiger partial charge on any atom is -0.396 e. The lowest BCUT2D eigenvalue weighted by atomic mass is 9.95. The zero-order valence-corrected chi connectivity index (χ0v) is 13.9. The van der Waals surface area contributed by atoms with E-state index >= 15 is 0 Å². The van der Waals surface area contributed by atoms with Crippen LogP contribution in [-0.4, -0.2) is 59.6 Å². The Kier molecular flexibility index (Phi) is 5.68. The van der Waals surface area contributed by atoms with Crippen LogP contribution in [0.15, 0.2) is 30.3 Å². The molecule has 0 unspecified atom stereocenters. The van der Waals surface area contributed by atoms with Crippen LogP contribution in [-0.2, 0) is 11.2 Å². The highest BCUT2D eigenvalue weighted by molar-refractivity contribution is 5.76. The second-order valence-corrected chi connectivity index (χ2v) is 6.97. The lowest BCUT2D eigenvalue weighted by Gasteiger charge is -2.36. The Hall–Kier alpha value is -1.39. The number of piperidine rings is 1. The van der Waals surface area contributed by atoms with Crippen molar-refractivity contribution in [1.82, 2.24) is 9.80 Å². The van der Waals surface area contributed by atoms with Gasteiger partial charge in [-0.05, 0) is 43.7 Å². The van der Waals surface area contributed by atoms with E-state index in [1.807, 2.05) is 4.90 Å². The topological polar surface area (TPSA) is 43.8 Å². The third kappa shape index (κ3) is 4.33. The normalized spacial score (nSPS) is 24.7. The molecule has 1 aromatic rings. The zero-order chi connectivity index (χ0) is 16.1. The molecule has 2 atom stereocenters. The maximum atomic E-state index is 12.2. The summed E-state index contributed by atoms with van der Waals surface area (Å²) >= 11 is 0. The smallest absolute Gasteiger partial charge is 0.225 e. The first-order chi connectivity index (χ1) is 11.3. The fraction of sp³-hybridized carbons (Fsp3) is 0.632. The molecule has 4 heteroatoms. The molecule has 126 valence electrons. The van der Waals surface area contributed by atoms with E-state index in [0.29, 0.717) is 12.0 Å². The van der Waals surface area contributed by atoms with E-state index in [1.54, 1.807) is 0 Å². The number of carbonyl (C=O) groups is 1. The second kappa shape index (κ2) is 7.93. The van der Waals surface area contributed by atoms with Crippen molar-refractivity contribution >= 4 is 5.91 Å². The van der Waals surface area contributed by atoms with Crippen LogP contribution in [0.2, 0.25) is 0 Å². The average molecular weight is 316 g/mol. The maximum absolute atomic E-state index is 12.2. The predicted octanol–water partition coefficient (Wildman–Crippen LogP) is 1.92. The highest BCUT2D eigenvalue weighted by atomic mass is 16.3. The summed E-state index contributed by atoms with van der Waals surface area (Å²) in [5.41, 5.74) is 1.41. The van der Waals surface area contributed by atoms with Crippen molar-refractivity contribution in [3.63, 3.8) is 0 Å². The summed E-state index contributed by atoms with van der Waals surface area (Å²) in [6, 6.07) is 11.0. The number of aryl methyl sites for hydroxylation is 1. The highest BCUT2D eigenvalue weighted by Crippen LogP contribution is 2.28. The van der Waals surface area contributed by atoms with E-state index in [9.17, 15) is 4.79 Å². The molecule has 0 saturated carbocycles. The number of hydrogen-bond acceptors (Lipinski definition) is 3. The quantitative estimate of drug-likeness (QED) is 0.872. The van der Waals surface area contributed by atoms with E-state index in [1.165, 1.54) is 18.4 Å². The van der Waals surface area contributed by atoms with Gasteiger partial charge in [0, 0.05) is 32.1 Å². The van der Waals surface area contributed by atoms with E-state index in [0.717, 1.165) is 39.0 Å². The van der Waals surface area contributed by atoms with Crippen molar-refractivity contribution in [3.8, 4) is 0 Å². The molecule has 0 aliphatic carbocycles. The summed E-state index contributed by atoms with van der Waals surface area (Å²) in [5.74, 6) is 0.737. The molecule has 3 aliphatic rings. The number of aliphatic hydroxyl groups excluding tert-OH is 1. The number of nitrogens with zero attached hydrogens (tertiary/aromatic N) is 2. The van der Waals surface area contributed by atoms with Crippen LogP contribution in [0.4, 0.5) is 0 Å². The van der Waals surface area contributed by atoms with Gasteiger partial charge in [-0.15, -0.1) is 0 Å². The third-order valence-electron chi connectivity index (χ3n) is 5.22. The average Bonchev–Trinajstić information content (AvgIpc) is 2.87. The number of rotatable bonds is 6. The first kappa shape index (κ1) is 16.5. The molecule has 23 heavy (non-hydrogen) atoms. The summed E-state index contributed by atoms with van der Waals surface area (Å²) in [7, 11) is 0. The summed E-state index contributed by atoms with van der Waals surface area (Å²) in [6.45, 7) is 4.09. The number of hydrogen-bond donors (Lipinski definition) is 1. The van der Waals surface area contributed by atoms with Crippen LogP contribution in [0.5, 0.6) is 0 Å². The van der Waals surface area contributed by atoms with Crippen LogP contribution >= 0.6 is 0 Å². The van der Waals surface area contributed by atoms with Gasteiger partial charge in [0.15, 0.2) is 0 Å². The number of fused-ring (bicyclic) bond motifs is 4. The minimum absolute atomic E-state index is 0.0342. The van der Waals surface area contributed by atoms with Crippen molar-refractivity contribution < 1.29 is 9.90 Å². The van der Waals surface area contributed by atoms with Gasteiger partial charge in [0.2, 0.25) is 5.91 Å². The Morgan fingerprint density at radius 2 is 1.96 bits per heavy atom. The molecule has 1 amide bonds. The van der Waals surface area contributed by atoms with Gasteiger partial charge in [-0.1, -0.05) is 30.3 Å². The van der Waals surface area contributed by atoms with Gasteiger partial charge < -0.3 is 14.9 Å². The molecule has 2 bridgehead atoms. The fourth-order valence-electron chi connectivity index (χ4n) is 4.06. The van der Waals surface area contributed by atoms with Crippen molar-refractivity contribution in [3.05, 3.63) is 35.9 Å². The molecule has 4 nitrogen and oxygen atoms in total. The third-order valence-corrected chi connectivity index (χ3v) is 5.22. The maximum Gasteiger partial charge on any atom is 0.225 e. The molecule has 1 N–H and O–H groups in total. The first-order valence-corrected chi connectivity index (χ1v) is 8.93. The fourth-order valence-corrected chi connectivity index (χ4v) is 4.06. The second-order valence-electron chi connectivity index (χ2n) is 6.97. The lowest BCUT2D eigenvalue weighted by molar-refractivity contribution is -0.135. The van der Waals surface area contributed by atoms with Gasteiger partial charge in [0.25, 0.3) is 0 Å². The summed E-state index contributed by atoms with van der Waals surface area (Å²) < 4.78 is 0. The van der Waals surface area contributed by atoms with Gasteiger partial charge in [0.05, 0.1) is 6.61 Å². The highest BCUT2D eigenvalue weighted by Gasteiger charge is 2.36. The summed E-state index contributed by atoms with van der Waals surface area (Å²) in [5, 5.41) is 9.03. The van der Waals surface area contributed by atoms with Crippen molar-refractivity contribution in [2.45, 2.75) is 38.1 Å². The Morgan fingerprint density at radius 1 is 1.13 bits per heavy atom. The van der Waals surface area contributed by atoms with Crippen molar-refractivity contribution in [1.29, 1.82) is 0 Å². The van der Waals surface area contributed by atoms with Gasteiger partial charge in [0.1, 0.15) is 0 Å². The van der Waals surface area contributed by atoms with Crippen molar-refractivity contribution in [2.75, 3.05) is 32.8 Å². The SMILES string of the molecule is O=C(CCO)N1C[C@@H]2CC[C@H]1CN(CCCc1ccccc1)C2. The van der Waals surface area contributed by atoms with E-state index < -0.39 is 0 Å². The van der Waals surface area contributed by atoms with Gasteiger partial charge in [-0.2, -0.15) is 0 Å². The van der Waals surface area contributed by atoms with E-state index in [4.69, 9.17) is 5.11 Å². The van der Waals surface area contributed by atoms with Crippen LogP contribution in [0.3, 0.4) is 0 Å². The molecule has 0 aromatic heterocycles. The Balaban J connectivity index is 1.51. The monoisotopic (exact) mass is 316 g/mol. The number of aliphatic hydroxyl groups is 1. The zero-order valence-electron chi connectivity index (χ0n) is 13.9. The van der Waals surface area contributed by atoms with E-state index in [-0.39, 0.29) is 18.9 Å². The predicted molar refractivity (Wildman–Crippen MR) is 91.1 cm³/mol. The van der Waals surface area contributed by atoms with E-state index in [2.05, 4.69) is 35.2 Å². The first-order valence-electron chi connectivity index (χ1n) is 8.93. The van der Waals surface area contributed by atoms with Gasteiger partial charge in [-0.3, -0.25) is 4.79 Å². The minimum atomic E-state index is -0.0342. The molecule has 3 aliphatic heterocycles. The molecule has 3 saturated heterocycles. The molecule has 0 spiro atoms. The van der Waals surface area contributed by atoms with Crippen LogP contribution in [0, 0.1) is 5.92 Å². The molecular weight excluding hydrogens is 288 g/mol. The van der Waals surface area contributed by atoms with Crippen LogP contribution in [0.1, 0.15) is 31.2 Å². The molecular formula is C19H28N2O2. The Bertz CT molecular complexity index is 505. The number of carbonyl (C=O) groups excluding carboxylic acids is 1. The van der Waals surface area contributed by atoms with Crippen LogP contribution in [0.25, 0.3) is 0 Å². The molecule has 0 radical (unpaired) electrons. The van der Waals surface area contributed by atoms with Crippen LogP contribution < -0.4 is 0 Å². The number of benzene rings is 1. The van der Waals surface area contributed by atoms with Gasteiger partial charge in [-0.25, -0.2) is 0 Å². The molecule has 1 aromatic carbocycles. The molecule has 3 fully saturated rings. The standard InChI is InChI=1S/C19H28N2O2/c22-12-10-19(23)21-14-17-8-9-18(21)15-20(13-17)11-4-7-16-5-2-1-3-6-16/h1-3,5-6,17-18,22H,4,7-15H2/t17-,18+/m1/s1. The molecule has 4 rings (SSSR count). The lowest BCUT2D eigenvalue weighted by Crippen LogP contribution is -2.47. The Morgan fingerprint density at radius 3 is 2.74 bits per heavy atom. The summed E-state index contributed by atoms with van der Waals surface area (Å²) in [6.07, 6.45) is 4.94. The molecule has 3 heterocycles. The summed E-state index contributed by atoms with van der Waals surface area (Å²) in [4.78, 5) is 16.8. The van der Waals surface area contributed by atoms with Crippen molar-refractivity contribution in [2.24, 2.45) is 5.92 Å².